The van der Waals surface area contributed by atoms with Crippen molar-refractivity contribution in [2.24, 2.45) is 0 Å². The second-order valence-electron chi connectivity index (χ2n) is 13.5. The van der Waals surface area contributed by atoms with Crippen LogP contribution in [-0.4, -0.2) is 76.9 Å². The van der Waals surface area contributed by atoms with Gasteiger partial charge in [-0.05, 0) is 70.6 Å². The molecule has 0 aromatic rings. The normalized spacial score (nSPS) is 15.3. The number of unbranched alkanes of at least 4 members (excludes halogenated alkanes) is 10. The first-order valence-corrected chi connectivity index (χ1v) is 22.2. The molecule has 0 aliphatic heterocycles. The van der Waals surface area contributed by atoms with Gasteiger partial charge >= 0.3 is 19.8 Å². The van der Waals surface area contributed by atoms with Crippen molar-refractivity contribution in [3.63, 3.8) is 0 Å². The van der Waals surface area contributed by atoms with Gasteiger partial charge in [-0.15, -0.1) is 0 Å². The van der Waals surface area contributed by atoms with E-state index in [9.17, 15) is 29.3 Å². The molecule has 0 aliphatic carbocycles. The Bertz CT molecular complexity index is 1220. The van der Waals surface area contributed by atoms with Crippen LogP contribution in [0.5, 0.6) is 0 Å². The number of carbonyl (C=O) groups excluding carboxylic acids is 2. The van der Waals surface area contributed by atoms with Gasteiger partial charge < -0.3 is 29.7 Å². The highest BCUT2D eigenvalue weighted by Gasteiger charge is 2.27. The number of phosphoric acid groups is 1. The second-order valence-corrected chi connectivity index (χ2v) is 15.0. The number of rotatable bonds is 37. The molecule has 0 aromatic heterocycles. The third-order valence-electron chi connectivity index (χ3n) is 8.22. The molecule has 4 atom stereocenters. The molecule has 0 saturated heterocycles. The number of esters is 2. The van der Waals surface area contributed by atoms with E-state index in [0.717, 1.165) is 57.8 Å². The Morgan fingerprint density at radius 2 is 1.14 bits per heavy atom. The summed E-state index contributed by atoms with van der Waals surface area (Å²) in [7, 11) is -4.65. The highest BCUT2D eigenvalue weighted by atomic mass is 31.2. The van der Waals surface area contributed by atoms with Crippen molar-refractivity contribution in [2.75, 3.05) is 26.4 Å². The minimum Gasteiger partial charge on any atom is -0.462 e. The summed E-state index contributed by atoms with van der Waals surface area (Å²) in [6, 6.07) is 0. The van der Waals surface area contributed by atoms with Gasteiger partial charge in [-0.3, -0.25) is 18.6 Å². The van der Waals surface area contributed by atoms with Gasteiger partial charge in [0.15, 0.2) is 6.10 Å². The molecule has 56 heavy (non-hydrogen) atoms. The summed E-state index contributed by atoms with van der Waals surface area (Å²) in [5.74, 6) is -1.04. The smallest absolute Gasteiger partial charge is 0.462 e. The first-order valence-electron chi connectivity index (χ1n) is 20.7. The number of hydrogen-bond acceptors (Lipinski definition) is 10. The third kappa shape index (κ3) is 38.0. The van der Waals surface area contributed by atoms with Crippen LogP contribution in [-0.2, 0) is 32.7 Å². The zero-order chi connectivity index (χ0) is 41.4. The zero-order valence-corrected chi connectivity index (χ0v) is 35.1. The Hall–Kier alpha value is -2.89. The SMILES string of the molecule is CCCCCC/C=C\C=C/CCCCCCCC(=O)O[C@H](COC(=O)CCC/C=C\C/C=C\C/C=C\C/C=C\C=C\[C@@H](O)CC)COP(=O)(O)OC[C@@H](O)CO. The van der Waals surface area contributed by atoms with E-state index in [-0.39, 0.29) is 19.4 Å². The average Bonchev–Trinajstić information content (AvgIpc) is 3.19. The van der Waals surface area contributed by atoms with Crippen LogP contribution in [0, 0.1) is 0 Å². The van der Waals surface area contributed by atoms with Crippen molar-refractivity contribution >= 4 is 19.8 Å². The fourth-order valence-corrected chi connectivity index (χ4v) is 5.64. The predicted octanol–water partition coefficient (Wildman–Crippen LogP) is 9.63. The fraction of sp³-hybridized carbons (Fsp3) is 0.636. The van der Waals surface area contributed by atoms with Crippen molar-refractivity contribution in [1.29, 1.82) is 0 Å². The number of hydrogen-bond donors (Lipinski definition) is 4. The fourth-order valence-electron chi connectivity index (χ4n) is 4.85. The lowest BCUT2D eigenvalue weighted by Crippen LogP contribution is -2.29. The lowest BCUT2D eigenvalue weighted by atomic mass is 10.1. The summed E-state index contributed by atoms with van der Waals surface area (Å²) < 4.78 is 32.6. The maximum Gasteiger partial charge on any atom is 0.472 e. The van der Waals surface area contributed by atoms with Gasteiger partial charge in [0.2, 0.25) is 0 Å². The Balaban J connectivity index is 4.49. The summed E-state index contributed by atoms with van der Waals surface area (Å²) >= 11 is 0. The van der Waals surface area contributed by atoms with E-state index in [4.69, 9.17) is 19.1 Å². The Morgan fingerprint density at radius 3 is 1.79 bits per heavy atom. The summed E-state index contributed by atoms with van der Waals surface area (Å²) in [5.41, 5.74) is 0. The number of allylic oxidation sites excluding steroid dienone is 13. The van der Waals surface area contributed by atoms with E-state index in [2.05, 4.69) is 60.1 Å². The van der Waals surface area contributed by atoms with E-state index >= 15 is 0 Å². The topological polar surface area (TPSA) is 169 Å². The number of aliphatic hydroxyl groups excluding tert-OH is 3. The van der Waals surface area contributed by atoms with Crippen LogP contribution in [0.25, 0.3) is 0 Å². The van der Waals surface area contributed by atoms with Gasteiger partial charge in [-0.1, -0.05) is 137 Å². The van der Waals surface area contributed by atoms with Crippen molar-refractivity contribution < 1.29 is 52.9 Å². The molecule has 0 saturated carbocycles. The van der Waals surface area contributed by atoms with Crippen LogP contribution in [0.2, 0.25) is 0 Å². The molecule has 0 spiro atoms. The largest absolute Gasteiger partial charge is 0.472 e. The summed E-state index contributed by atoms with van der Waals surface area (Å²) in [5, 5.41) is 27.8. The maximum atomic E-state index is 12.6. The highest BCUT2D eigenvalue weighted by Crippen LogP contribution is 2.43. The molecule has 12 heteroatoms. The molecule has 0 radical (unpaired) electrons. The van der Waals surface area contributed by atoms with E-state index in [1.807, 2.05) is 37.3 Å². The van der Waals surface area contributed by atoms with Gasteiger partial charge in [0.1, 0.15) is 12.7 Å². The first-order chi connectivity index (χ1) is 27.1. The molecule has 0 rings (SSSR count). The maximum absolute atomic E-state index is 12.6. The number of carbonyl (C=O) groups is 2. The van der Waals surface area contributed by atoms with Crippen LogP contribution in [0.4, 0.5) is 0 Å². The van der Waals surface area contributed by atoms with Crippen LogP contribution in [0.15, 0.2) is 85.1 Å². The van der Waals surface area contributed by atoms with Crippen LogP contribution >= 0.6 is 7.82 Å². The highest BCUT2D eigenvalue weighted by molar-refractivity contribution is 7.47. The monoisotopic (exact) mass is 808 g/mol. The molecule has 320 valence electrons. The summed E-state index contributed by atoms with van der Waals surface area (Å²) in [4.78, 5) is 34.9. The second kappa shape index (κ2) is 39.0. The van der Waals surface area contributed by atoms with E-state index in [0.29, 0.717) is 25.7 Å². The van der Waals surface area contributed by atoms with E-state index < -0.39 is 57.9 Å². The Labute approximate surface area is 337 Å². The standard InChI is InChI=1S/C44H73O11P/c1-3-5-6-7-8-9-10-11-12-17-20-23-26-29-32-35-44(49)55-42(39-54-56(50,51)53-37-41(47)36-45)38-52-43(48)34-31-28-25-22-19-16-14-13-15-18-21-24-27-30-33-40(46)4-2/h9-12,14-16,18,22,24-25,27,30,33,40-42,45-47H,3-8,13,17,19-21,23,26,28-29,31-32,34-39H2,1-2H3,(H,50,51)/b10-9-,12-11-,16-14-,18-15-,25-22-,27-24-,33-30+/t40-,41-,42+/m0/s1. The molecule has 11 nitrogen and oxygen atoms in total. The Kier molecular flexibility index (Phi) is 36.9. The van der Waals surface area contributed by atoms with E-state index in [1.54, 1.807) is 6.08 Å². The minimum absolute atomic E-state index is 0.141. The average molecular weight is 809 g/mol. The minimum atomic E-state index is -4.65. The van der Waals surface area contributed by atoms with Gasteiger partial charge in [0.25, 0.3) is 0 Å². The molecule has 0 fully saturated rings. The first kappa shape index (κ1) is 53.1. The predicted molar refractivity (Wildman–Crippen MR) is 225 cm³/mol. The molecule has 4 N–H and O–H groups in total. The molecular weight excluding hydrogens is 735 g/mol. The van der Waals surface area contributed by atoms with Crippen molar-refractivity contribution in [2.45, 2.75) is 154 Å². The van der Waals surface area contributed by atoms with Crippen molar-refractivity contribution in [3.05, 3.63) is 85.1 Å². The molecule has 0 aliphatic rings. The van der Waals surface area contributed by atoms with Crippen molar-refractivity contribution in [3.8, 4) is 0 Å². The lowest BCUT2D eigenvalue weighted by molar-refractivity contribution is -0.161. The Morgan fingerprint density at radius 1 is 0.607 bits per heavy atom. The van der Waals surface area contributed by atoms with Crippen LogP contribution < -0.4 is 0 Å². The molecule has 0 bridgehead atoms. The molecule has 0 amide bonds. The van der Waals surface area contributed by atoms with Crippen LogP contribution in [0.3, 0.4) is 0 Å². The quantitative estimate of drug-likeness (QED) is 0.0155. The molecule has 1 unspecified atom stereocenters. The van der Waals surface area contributed by atoms with E-state index in [1.165, 1.54) is 25.7 Å². The van der Waals surface area contributed by atoms with Crippen LogP contribution in [0.1, 0.15) is 136 Å². The number of phosphoric ester groups is 1. The van der Waals surface area contributed by atoms with Gasteiger partial charge in [-0.2, -0.15) is 0 Å². The molecule has 0 heterocycles. The summed E-state index contributed by atoms with van der Waals surface area (Å²) in [6.45, 7) is 1.91. The lowest BCUT2D eigenvalue weighted by Gasteiger charge is -2.20. The zero-order valence-electron chi connectivity index (χ0n) is 34.2. The van der Waals surface area contributed by atoms with Gasteiger partial charge in [0, 0.05) is 12.8 Å². The van der Waals surface area contributed by atoms with Gasteiger partial charge in [-0.25, -0.2) is 4.57 Å². The molecular formula is C44H73O11P. The summed E-state index contributed by atoms with van der Waals surface area (Å²) in [6.07, 6.45) is 42.2. The number of aliphatic hydroxyl groups is 3. The van der Waals surface area contributed by atoms with Gasteiger partial charge in [0.05, 0.1) is 25.9 Å². The molecule has 0 aromatic carbocycles. The van der Waals surface area contributed by atoms with Crippen molar-refractivity contribution in [1.82, 2.24) is 0 Å². The third-order valence-corrected chi connectivity index (χ3v) is 9.17. The number of ether oxygens (including phenoxy) is 2.